The minimum Gasteiger partial charge on any atom is -0.455 e. The van der Waals surface area contributed by atoms with Gasteiger partial charge < -0.3 is 4.74 Å². The first-order valence-electron chi connectivity index (χ1n) is 4.38. The zero-order valence-corrected chi connectivity index (χ0v) is 7.06. The summed E-state index contributed by atoms with van der Waals surface area (Å²) in [6.45, 7) is 1.83. The van der Waals surface area contributed by atoms with Crippen molar-refractivity contribution in [3.05, 3.63) is 6.10 Å². The summed E-state index contributed by atoms with van der Waals surface area (Å²) in [7, 11) is 0. The smallest absolute Gasteiger partial charge is 0.306 e. The predicted molar refractivity (Wildman–Crippen MR) is 42.7 cm³/mol. The predicted octanol–water partition coefficient (Wildman–Crippen LogP) is 2.44. The highest BCUT2D eigenvalue weighted by molar-refractivity contribution is 5.69. The Hall–Kier alpha value is -0.530. The van der Waals surface area contributed by atoms with Crippen molar-refractivity contribution >= 4 is 5.97 Å². The molecule has 1 rings (SSSR count). The average molecular weight is 155 g/mol. The van der Waals surface area contributed by atoms with E-state index in [0.29, 0.717) is 6.42 Å². The minimum atomic E-state index is -0.0816. The van der Waals surface area contributed by atoms with E-state index in [-0.39, 0.29) is 5.97 Å². The van der Waals surface area contributed by atoms with Crippen LogP contribution in [0.1, 0.15) is 45.4 Å². The van der Waals surface area contributed by atoms with Crippen LogP contribution in [0.3, 0.4) is 0 Å². The molecule has 1 fully saturated rings. The van der Waals surface area contributed by atoms with Crippen molar-refractivity contribution in [3.8, 4) is 0 Å². The van der Waals surface area contributed by atoms with Crippen LogP contribution < -0.4 is 0 Å². The van der Waals surface area contributed by atoms with Gasteiger partial charge in [-0.05, 0) is 25.7 Å². The second kappa shape index (κ2) is 4.37. The summed E-state index contributed by atoms with van der Waals surface area (Å²) in [5, 5.41) is 0. The van der Waals surface area contributed by atoms with Crippen molar-refractivity contribution < 1.29 is 9.53 Å². The Morgan fingerprint density at radius 1 is 1.36 bits per heavy atom. The normalized spacial score (nSPS) is 19.7. The van der Waals surface area contributed by atoms with Gasteiger partial charge in [-0.25, -0.2) is 0 Å². The first kappa shape index (κ1) is 8.57. The maximum Gasteiger partial charge on any atom is 0.306 e. The summed E-state index contributed by atoms with van der Waals surface area (Å²) in [6, 6.07) is 0. The molecule has 0 aliphatic heterocycles. The van der Waals surface area contributed by atoms with Gasteiger partial charge in [-0.3, -0.25) is 4.79 Å². The SMILES string of the molecule is CCC(=O)O[C]1CCCCC1. The maximum absolute atomic E-state index is 10.8. The van der Waals surface area contributed by atoms with Gasteiger partial charge in [0, 0.05) is 6.42 Å². The van der Waals surface area contributed by atoms with Gasteiger partial charge in [-0.2, -0.15) is 0 Å². The van der Waals surface area contributed by atoms with Crippen molar-refractivity contribution in [1.82, 2.24) is 0 Å². The fourth-order valence-corrected chi connectivity index (χ4v) is 1.28. The summed E-state index contributed by atoms with van der Waals surface area (Å²) in [4.78, 5) is 10.8. The van der Waals surface area contributed by atoms with E-state index in [1.165, 1.54) is 19.3 Å². The lowest BCUT2D eigenvalue weighted by atomic mass is 9.98. The van der Waals surface area contributed by atoms with Gasteiger partial charge in [0.15, 0.2) is 6.10 Å². The lowest BCUT2D eigenvalue weighted by molar-refractivity contribution is -0.143. The van der Waals surface area contributed by atoms with E-state index in [1.807, 2.05) is 6.92 Å². The first-order chi connectivity index (χ1) is 5.33. The standard InChI is InChI=1S/C9H15O2/c1-2-9(10)11-8-6-4-3-5-7-8/h2-7H2,1H3. The van der Waals surface area contributed by atoms with Crippen molar-refractivity contribution in [2.24, 2.45) is 0 Å². The molecule has 0 atom stereocenters. The van der Waals surface area contributed by atoms with Gasteiger partial charge in [-0.1, -0.05) is 13.3 Å². The summed E-state index contributed by atoms with van der Waals surface area (Å²) in [6.07, 6.45) is 7.13. The fourth-order valence-electron chi connectivity index (χ4n) is 1.28. The molecule has 1 saturated carbocycles. The van der Waals surface area contributed by atoms with E-state index in [4.69, 9.17) is 4.74 Å². The zero-order chi connectivity index (χ0) is 8.10. The molecule has 0 spiro atoms. The molecule has 1 radical (unpaired) electrons. The summed E-state index contributed by atoms with van der Waals surface area (Å²) < 4.78 is 5.12. The molecule has 1 aliphatic rings. The Balaban J connectivity index is 2.19. The van der Waals surface area contributed by atoms with Gasteiger partial charge in [0.05, 0.1) is 0 Å². The third kappa shape index (κ3) is 2.91. The van der Waals surface area contributed by atoms with Gasteiger partial charge >= 0.3 is 5.97 Å². The molecule has 0 aromatic rings. The lowest BCUT2D eigenvalue weighted by Crippen LogP contribution is -2.12. The lowest BCUT2D eigenvalue weighted by Gasteiger charge is -2.19. The molecule has 1 aliphatic carbocycles. The Labute approximate surface area is 67.9 Å². The summed E-state index contributed by atoms with van der Waals surface area (Å²) in [5.74, 6) is -0.0816. The number of esters is 1. The van der Waals surface area contributed by atoms with Crippen LogP contribution in [0.15, 0.2) is 0 Å². The van der Waals surface area contributed by atoms with Gasteiger partial charge in [0.25, 0.3) is 0 Å². The largest absolute Gasteiger partial charge is 0.455 e. The summed E-state index contributed by atoms with van der Waals surface area (Å²) in [5.41, 5.74) is 0. The maximum atomic E-state index is 10.8. The molecule has 0 bridgehead atoms. The van der Waals surface area contributed by atoms with Crippen LogP contribution in [0.4, 0.5) is 0 Å². The number of carbonyl (C=O) groups is 1. The van der Waals surface area contributed by atoms with E-state index in [1.54, 1.807) is 0 Å². The second-order valence-electron chi connectivity index (χ2n) is 2.93. The molecule has 11 heavy (non-hydrogen) atoms. The van der Waals surface area contributed by atoms with Crippen molar-refractivity contribution in [2.45, 2.75) is 45.4 Å². The molecular weight excluding hydrogens is 140 g/mol. The quantitative estimate of drug-likeness (QED) is 0.572. The summed E-state index contributed by atoms with van der Waals surface area (Å²) >= 11 is 0. The van der Waals surface area contributed by atoms with Crippen molar-refractivity contribution in [1.29, 1.82) is 0 Å². The Morgan fingerprint density at radius 2 is 2.00 bits per heavy atom. The Bertz CT molecular complexity index is 126. The van der Waals surface area contributed by atoms with Crippen LogP contribution in [0, 0.1) is 6.10 Å². The van der Waals surface area contributed by atoms with Gasteiger partial charge in [0.2, 0.25) is 0 Å². The van der Waals surface area contributed by atoms with Crippen LogP contribution in [-0.2, 0) is 9.53 Å². The van der Waals surface area contributed by atoms with Crippen molar-refractivity contribution in [2.75, 3.05) is 0 Å². The highest BCUT2D eigenvalue weighted by atomic mass is 16.5. The van der Waals surface area contributed by atoms with E-state index in [0.717, 1.165) is 18.9 Å². The molecule has 0 N–H and O–H groups in total. The third-order valence-electron chi connectivity index (χ3n) is 1.96. The number of hydrogen-bond acceptors (Lipinski definition) is 2. The van der Waals surface area contributed by atoms with Gasteiger partial charge in [0.1, 0.15) is 0 Å². The van der Waals surface area contributed by atoms with E-state index in [9.17, 15) is 4.79 Å². The Morgan fingerprint density at radius 3 is 2.55 bits per heavy atom. The molecule has 0 aromatic carbocycles. The zero-order valence-electron chi connectivity index (χ0n) is 7.06. The molecule has 0 amide bonds. The van der Waals surface area contributed by atoms with Gasteiger partial charge in [-0.15, -0.1) is 0 Å². The molecule has 63 valence electrons. The average Bonchev–Trinajstić information content (AvgIpc) is 2.06. The molecular formula is C9H15O2. The molecule has 0 unspecified atom stereocenters. The third-order valence-corrected chi connectivity index (χ3v) is 1.96. The highest BCUT2D eigenvalue weighted by Gasteiger charge is 2.17. The minimum absolute atomic E-state index is 0.0816. The highest BCUT2D eigenvalue weighted by Crippen LogP contribution is 2.26. The van der Waals surface area contributed by atoms with Crippen molar-refractivity contribution in [3.63, 3.8) is 0 Å². The van der Waals surface area contributed by atoms with Crippen LogP contribution in [0.5, 0.6) is 0 Å². The van der Waals surface area contributed by atoms with Crippen LogP contribution in [-0.4, -0.2) is 5.97 Å². The van der Waals surface area contributed by atoms with Crippen LogP contribution >= 0.6 is 0 Å². The number of ether oxygens (including phenoxy) is 1. The first-order valence-corrected chi connectivity index (χ1v) is 4.38. The topological polar surface area (TPSA) is 26.3 Å². The second-order valence-corrected chi connectivity index (χ2v) is 2.93. The number of carbonyl (C=O) groups excluding carboxylic acids is 1. The fraction of sp³-hybridized carbons (Fsp3) is 0.778. The molecule has 2 heteroatoms. The monoisotopic (exact) mass is 155 g/mol. The Kier molecular flexibility index (Phi) is 3.40. The molecule has 0 aromatic heterocycles. The number of rotatable bonds is 2. The van der Waals surface area contributed by atoms with Crippen LogP contribution in [0.25, 0.3) is 0 Å². The van der Waals surface area contributed by atoms with E-state index < -0.39 is 0 Å². The molecule has 2 nitrogen and oxygen atoms in total. The number of hydrogen-bond donors (Lipinski definition) is 0. The molecule has 0 heterocycles. The van der Waals surface area contributed by atoms with Crippen LogP contribution in [0.2, 0.25) is 0 Å². The molecule has 0 saturated heterocycles. The van der Waals surface area contributed by atoms with E-state index in [2.05, 4.69) is 0 Å². The van der Waals surface area contributed by atoms with E-state index >= 15 is 0 Å².